The van der Waals surface area contributed by atoms with Crippen LogP contribution in [-0.2, 0) is 40.0 Å². The zero-order chi connectivity index (χ0) is 43.1. The van der Waals surface area contributed by atoms with Crippen LogP contribution in [0, 0.1) is 7.40 Å². The monoisotopic (exact) mass is 1060 g/mol. The van der Waals surface area contributed by atoms with Gasteiger partial charge < -0.3 is 9.47 Å². The SMILES string of the molecule is Cn1n[n+](Cc2ccc3ccc4cccc5ccc2c3c45)c(I)c1CCOc1ccc2ccc(OCCc3c(I)[n+](Cc4ccc5ccc6cccc7ccc4c5c67)nn3C)cc2c1. The molecule has 12 aromatic rings. The average molecular weight is 1060 g/mol. The predicted octanol–water partition coefficient (Wildman–Crippen LogP) is 11.2. The molecule has 10 heteroatoms. The van der Waals surface area contributed by atoms with Crippen molar-refractivity contribution in [1.82, 2.24) is 19.8 Å². The molecule has 0 spiro atoms. The molecule has 0 aliphatic rings. The molecule has 0 atom stereocenters. The molecule has 0 fully saturated rings. The van der Waals surface area contributed by atoms with Gasteiger partial charge in [-0.2, -0.15) is 0 Å². The van der Waals surface area contributed by atoms with Crippen molar-refractivity contribution in [3.8, 4) is 11.5 Å². The van der Waals surface area contributed by atoms with E-state index in [0.29, 0.717) is 26.3 Å². The van der Waals surface area contributed by atoms with Crippen LogP contribution in [0.4, 0.5) is 0 Å². The molecule has 0 radical (unpaired) electrons. The summed E-state index contributed by atoms with van der Waals surface area (Å²) in [5, 5.41) is 27.7. The maximum Gasteiger partial charge on any atom is 0.230 e. The first-order valence-electron chi connectivity index (χ1n) is 21.7. The highest BCUT2D eigenvalue weighted by molar-refractivity contribution is 14.1. The summed E-state index contributed by atoms with van der Waals surface area (Å²) in [5.41, 5.74) is 4.83. The predicted molar refractivity (Wildman–Crippen MR) is 273 cm³/mol. The summed E-state index contributed by atoms with van der Waals surface area (Å²) in [7, 11) is 4.05. The van der Waals surface area contributed by atoms with Crippen molar-refractivity contribution >= 4 is 121 Å². The molecule has 8 nitrogen and oxygen atoms in total. The van der Waals surface area contributed by atoms with Gasteiger partial charge in [-0.15, -0.1) is 18.7 Å². The first-order valence-corrected chi connectivity index (χ1v) is 23.8. The number of hydrogen-bond donors (Lipinski definition) is 0. The van der Waals surface area contributed by atoms with Gasteiger partial charge in [-0.25, -0.2) is 0 Å². The highest BCUT2D eigenvalue weighted by Gasteiger charge is 2.25. The number of nitrogens with zero attached hydrogens (tertiary/aromatic N) is 6. The van der Waals surface area contributed by atoms with E-state index in [-0.39, 0.29) is 0 Å². The molecule has 2 aromatic heterocycles. The van der Waals surface area contributed by atoms with Crippen LogP contribution in [0.3, 0.4) is 0 Å². The minimum absolute atomic E-state index is 0.538. The second-order valence-electron chi connectivity index (χ2n) is 16.8. The van der Waals surface area contributed by atoms with E-state index in [0.717, 1.165) is 53.9 Å². The van der Waals surface area contributed by atoms with Crippen LogP contribution in [0.15, 0.2) is 146 Å². The Morgan fingerprint density at radius 1 is 0.438 bits per heavy atom. The van der Waals surface area contributed by atoms with Crippen LogP contribution in [0.5, 0.6) is 11.5 Å². The first-order chi connectivity index (χ1) is 31.3. The van der Waals surface area contributed by atoms with Crippen molar-refractivity contribution < 1.29 is 18.8 Å². The van der Waals surface area contributed by atoms with Gasteiger partial charge in [0.25, 0.3) is 0 Å². The number of aryl methyl sites for hydroxylation is 2. The van der Waals surface area contributed by atoms with Crippen LogP contribution in [-0.4, -0.2) is 33.0 Å². The third kappa shape index (κ3) is 6.75. The lowest BCUT2D eigenvalue weighted by Crippen LogP contribution is -2.40. The number of fused-ring (bicyclic) bond motifs is 1. The van der Waals surface area contributed by atoms with E-state index in [2.05, 4.69) is 188 Å². The van der Waals surface area contributed by atoms with E-state index in [1.54, 1.807) is 0 Å². The number of aromatic nitrogens is 6. The van der Waals surface area contributed by atoms with Crippen LogP contribution in [0.1, 0.15) is 22.5 Å². The summed E-state index contributed by atoms with van der Waals surface area (Å²) < 4.78 is 23.2. The quantitative estimate of drug-likeness (QED) is 0.0695. The maximum atomic E-state index is 6.37. The molecule has 10 aromatic carbocycles. The minimum Gasteiger partial charge on any atom is -0.493 e. The molecular weight excluding hydrogens is 1020 g/mol. The summed E-state index contributed by atoms with van der Waals surface area (Å²) in [6.45, 7) is 2.47. The van der Waals surface area contributed by atoms with Gasteiger partial charge in [0.1, 0.15) is 38.7 Å². The number of hydrogen-bond acceptors (Lipinski definition) is 4. The molecule has 12 rings (SSSR count). The topological polar surface area (TPSA) is 61.9 Å². The summed E-state index contributed by atoms with van der Waals surface area (Å²) in [4.78, 5) is 0. The van der Waals surface area contributed by atoms with Gasteiger partial charge in [0.15, 0.2) is 11.4 Å². The van der Waals surface area contributed by atoms with Gasteiger partial charge in [-0.3, -0.25) is 0 Å². The van der Waals surface area contributed by atoms with Crippen molar-refractivity contribution in [2.75, 3.05) is 13.2 Å². The number of benzene rings is 10. The molecule has 0 bridgehead atoms. The first kappa shape index (κ1) is 39.5. The summed E-state index contributed by atoms with van der Waals surface area (Å²) >= 11 is 4.88. The smallest absolute Gasteiger partial charge is 0.230 e. The molecule has 0 saturated heterocycles. The van der Waals surface area contributed by atoms with E-state index >= 15 is 0 Å². The van der Waals surface area contributed by atoms with E-state index < -0.39 is 0 Å². The van der Waals surface area contributed by atoms with Crippen molar-refractivity contribution in [1.29, 1.82) is 0 Å². The Morgan fingerprint density at radius 2 is 0.812 bits per heavy atom. The van der Waals surface area contributed by atoms with Gasteiger partial charge in [0, 0.05) is 56.3 Å². The Hall–Kier alpha value is -6.12. The molecule has 64 heavy (non-hydrogen) atoms. The Labute approximate surface area is 396 Å². The largest absolute Gasteiger partial charge is 0.493 e. The molecule has 312 valence electrons. The minimum atomic E-state index is 0.538. The normalized spacial score (nSPS) is 12.1. The summed E-state index contributed by atoms with van der Waals surface area (Å²) in [5.74, 6) is 1.67. The fourth-order valence-corrected chi connectivity index (χ4v) is 11.7. The molecule has 0 aliphatic carbocycles. The number of rotatable bonds is 12. The molecule has 2 heterocycles. The summed E-state index contributed by atoms with van der Waals surface area (Å²) in [6.07, 6.45) is 1.47. The third-order valence-corrected chi connectivity index (χ3v) is 15.4. The van der Waals surface area contributed by atoms with Crippen LogP contribution < -0.4 is 18.8 Å². The second kappa shape index (κ2) is 15.8. The van der Waals surface area contributed by atoms with Gasteiger partial charge >= 0.3 is 0 Å². The highest BCUT2D eigenvalue weighted by atomic mass is 127. The second-order valence-corrected chi connectivity index (χ2v) is 18.9. The lowest BCUT2D eigenvalue weighted by molar-refractivity contribution is -0.758. The molecule has 0 saturated carbocycles. The van der Waals surface area contributed by atoms with Crippen LogP contribution in [0.25, 0.3) is 75.4 Å². The van der Waals surface area contributed by atoms with E-state index in [1.165, 1.54) is 75.8 Å². The van der Waals surface area contributed by atoms with Crippen molar-refractivity contribution in [2.45, 2.75) is 25.9 Å². The Bertz CT molecular complexity index is 3490. The number of halogens is 2. The Morgan fingerprint density at radius 3 is 1.25 bits per heavy atom. The highest BCUT2D eigenvalue weighted by Crippen LogP contribution is 2.37. The van der Waals surface area contributed by atoms with Crippen LogP contribution >= 0.6 is 45.2 Å². The maximum absolute atomic E-state index is 6.37. The fourth-order valence-electron chi connectivity index (χ4n) is 9.91. The van der Waals surface area contributed by atoms with E-state index in [9.17, 15) is 0 Å². The zero-order valence-corrected chi connectivity index (χ0v) is 39.7. The van der Waals surface area contributed by atoms with Crippen molar-refractivity contribution in [3.63, 3.8) is 0 Å². The lowest BCUT2D eigenvalue weighted by atomic mass is 9.92. The Balaban J connectivity index is 0.702. The van der Waals surface area contributed by atoms with Crippen molar-refractivity contribution in [2.24, 2.45) is 14.1 Å². The van der Waals surface area contributed by atoms with Crippen LogP contribution in [0.2, 0.25) is 0 Å². The van der Waals surface area contributed by atoms with E-state index in [1.807, 2.05) is 35.6 Å². The lowest BCUT2D eigenvalue weighted by Gasteiger charge is -2.12. The zero-order valence-electron chi connectivity index (χ0n) is 35.4. The molecule has 0 N–H and O–H groups in total. The van der Waals surface area contributed by atoms with Gasteiger partial charge in [-0.05, 0) is 99.7 Å². The number of ether oxygens (including phenoxy) is 2. The van der Waals surface area contributed by atoms with Crippen molar-refractivity contribution in [3.05, 3.63) is 176 Å². The summed E-state index contributed by atoms with van der Waals surface area (Å²) in [6, 6.07) is 52.7. The Kier molecular flexibility index (Phi) is 9.77. The molecule has 0 unspecified atom stereocenters. The van der Waals surface area contributed by atoms with Gasteiger partial charge in [-0.1, -0.05) is 121 Å². The third-order valence-electron chi connectivity index (χ3n) is 13.1. The van der Waals surface area contributed by atoms with Gasteiger partial charge in [0.2, 0.25) is 7.40 Å². The van der Waals surface area contributed by atoms with E-state index in [4.69, 9.17) is 19.9 Å². The average Bonchev–Trinajstić information content (AvgIpc) is 3.74. The standard InChI is InChI=1S/C54H42I2N6O2/c1-59-47(53(55)61(57-59)31-40-15-13-38-11-9-34-5-3-7-36-19-23-45(40)51(38)49(34)36)25-27-63-43-21-17-33-18-22-44(30-42(33)29-43)64-28-26-48-54(56)62(58-60(48)2)32-41-16-14-39-12-10-35-6-4-8-37-20-24-46(41)52(39)50(35)37/h3-24,29-30H,25-28,31-32H2,1-2H3/q+2. The molecule has 0 amide bonds. The van der Waals surface area contributed by atoms with Gasteiger partial charge in [0.05, 0.1) is 36.5 Å². The fraction of sp³-hybridized carbons (Fsp3) is 0.148. The molecule has 0 aliphatic heterocycles. The molecular formula is C54H42I2N6O2+2.